The van der Waals surface area contributed by atoms with Gasteiger partial charge in [-0.25, -0.2) is 18.1 Å². The van der Waals surface area contributed by atoms with E-state index in [4.69, 9.17) is 9.47 Å². The van der Waals surface area contributed by atoms with Gasteiger partial charge in [0, 0.05) is 23.1 Å². The standard InChI is InChI=1S/C24H19N3O5S2/c28-23(27-24-26-20(14-33-24)17-5-2-1-3-6-17)18-7-4-8-19(12-18)34(29,30)25-13-16-9-10-21-22(11-16)32-15-31-21/h1-12,14,25H,13,15H2,(H,26,27,28). The third-order valence-corrected chi connectivity index (χ3v) is 7.26. The highest BCUT2D eigenvalue weighted by Gasteiger charge is 2.18. The fraction of sp³-hybridized carbons (Fsp3) is 0.0833. The third kappa shape index (κ3) is 4.79. The van der Waals surface area contributed by atoms with Crippen molar-refractivity contribution in [3.8, 4) is 22.8 Å². The normalized spacial score (nSPS) is 12.5. The lowest BCUT2D eigenvalue weighted by Crippen LogP contribution is -2.23. The van der Waals surface area contributed by atoms with E-state index in [2.05, 4.69) is 15.0 Å². The summed E-state index contributed by atoms with van der Waals surface area (Å²) in [5, 5.41) is 5.02. The van der Waals surface area contributed by atoms with E-state index in [-0.39, 0.29) is 23.8 Å². The van der Waals surface area contributed by atoms with Gasteiger partial charge in [-0.05, 0) is 35.9 Å². The predicted molar refractivity (Wildman–Crippen MR) is 129 cm³/mol. The van der Waals surface area contributed by atoms with Crippen molar-refractivity contribution in [2.24, 2.45) is 0 Å². The van der Waals surface area contributed by atoms with Crippen molar-refractivity contribution in [1.82, 2.24) is 9.71 Å². The van der Waals surface area contributed by atoms with Crippen molar-refractivity contribution in [1.29, 1.82) is 0 Å². The van der Waals surface area contributed by atoms with Gasteiger partial charge in [0.25, 0.3) is 5.91 Å². The van der Waals surface area contributed by atoms with Gasteiger partial charge in [0.15, 0.2) is 16.6 Å². The minimum atomic E-state index is -3.85. The lowest BCUT2D eigenvalue weighted by molar-refractivity contribution is 0.102. The van der Waals surface area contributed by atoms with Gasteiger partial charge in [0.1, 0.15) is 0 Å². The molecule has 0 aliphatic carbocycles. The van der Waals surface area contributed by atoms with Crippen LogP contribution in [0, 0.1) is 0 Å². The second-order valence-corrected chi connectivity index (χ2v) is 10.0. The summed E-state index contributed by atoms with van der Waals surface area (Å²) >= 11 is 1.30. The number of aromatic nitrogens is 1. The van der Waals surface area contributed by atoms with Crippen molar-refractivity contribution < 1.29 is 22.7 Å². The van der Waals surface area contributed by atoms with E-state index >= 15 is 0 Å². The van der Waals surface area contributed by atoms with Gasteiger partial charge in [-0.3, -0.25) is 10.1 Å². The molecular weight excluding hydrogens is 474 g/mol. The predicted octanol–water partition coefficient (Wildman–Crippen LogP) is 4.27. The number of amides is 1. The van der Waals surface area contributed by atoms with Crippen molar-refractivity contribution in [3.05, 3.63) is 89.3 Å². The number of fused-ring (bicyclic) bond motifs is 1. The van der Waals surface area contributed by atoms with Crippen molar-refractivity contribution in [3.63, 3.8) is 0 Å². The quantitative estimate of drug-likeness (QED) is 0.398. The molecule has 0 atom stereocenters. The van der Waals surface area contributed by atoms with Crippen LogP contribution < -0.4 is 19.5 Å². The summed E-state index contributed by atoms with van der Waals surface area (Å²) in [7, 11) is -3.85. The van der Waals surface area contributed by atoms with Crippen molar-refractivity contribution in [2.75, 3.05) is 12.1 Å². The number of sulfonamides is 1. The van der Waals surface area contributed by atoms with E-state index in [1.807, 2.05) is 35.7 Å². The monoisotopic (exact) mass is 493 g/mol. The van der Waals surface area contributed by atoms with Crippen LogP contribution in [0.2, 0.25) is 0 Å². The summed E-state index contributed by atoms with van der Waals surface area (Å²) in [6, 6.07) is 20.7. The molecule has 8 nitrogen and oxygen atoms in total. The minimum absolute atomic E-state index is 0.00925. The minimum Gasteiger partial charge on any atom is -0.454 e. The van der Waals surface area contributed by atoms with E-state index in [1.54, 1.807) is 24.3 Å². The van der Waals surface area contributed by atoms with E-state index in [0.717, 1.165) is 16.8 Å². The van der Waals surface area contributed by atoms with Gasteiger partial charge in [0.05, 0.1) is 10.6 Å². The van der Waals surface area contributed by atoms with E-state index in [9.17, 15) is 13.2 Å². The Hall–Kier alpha value is -3.73. The molecule has 4 aromatic rings. The van der Waals surface area contributed by atoms with E-state index in [1.165, 1.54) is 29.5 Å². The maximum atomic E-state index is 12.8. The number of benzene rings is 3. The van der Waals surface area contributed by atoms with Crippen LogP contribution in [0.25, 0.3) is 11.3 Å². The zero-order chi connectivity index (χ0) is 23.5. The fourth-order valence-corrected chi connectivity index (χ4v) is 5.14. The molecule has 0 bridgehead atoms. The summed E-state index contributed by atoms with van der Waals surface area (Å²) in [6.07, 6.45) is 0. The zero-order valence-corrected chi connectivity index (χ0v) is 19.4. The molecule has 2 N–H and O–H groups in total. The Labute approximate surface area is 200 Å². The number of carbonyl (C=O) groups excluding carboxylic acids is 1. The number of rotatable bonds is 7. The molecule has 3 aromatic carbocycles. The molecule has 2 heterocycles. The van der Waals surface area contributed by atoms with Gasteiger partial charge < -0.3 is 9.47 Å². The first-order chi connectivity index (χ1) is 16.5. The SMILES string of the molecule is O=C(Nc1nc(-c2ccccc2)cs1)c1cccc(S(=O)(=O)NCc2ccc3c(c2)OCO3)c1. The fourth-order valence-electron chi connectivity index (χ4n) is 3.36. The lowest BCUT2D eigenvalue weighted by atomic mass is 10.2. The van der Waals surface area contributed by atoms with Crippen molar-refractivity contribution >= 4 is 32.4 Å². The molecule has 5 rings (SSSR count). The molecule has 0 radical (unpaired) electrons. The average Bonchev–Trinajstić information content (AvgIpc) is 3.53. The van der Waals surface area contributed by atoms with Crippen LogP contribution in [0.3, 0.4) is 0 Å². The average molecular weight is 494 g/mol. The van der Waals surface area contributed by atoms with Gasteiger partial charge in [-0.15, -0.1) is 11.3 Å². The highest BCUT2D eigenvalue weighted by atomic mass is 32.2. The number of anilines is 1. The van der Waals surface area contributed by atoms with Crippen LogP contribution in [0.5, 0.6) is 11.5 Å². The number of nitrogens with one attached hydrogen (secondary N) is 2. The number of hydrogen-bond acceptors (Lipinski definition) is 7. The first kappa shape index (κ1) is 22.1. The number of ether oxygens (including phenoxy) is 2. The molecule has 1 aliphatic rings. The van der Waals surface area contributed by atoms with Crippen LogP contribution in [-0.2, 0) is 16.6 Å². The van der Waals surface area contributed by atoms with Gasteiger partial charge in [0.2, 0.25) is 16.8 Å². The van der Waals surface area contributed by atoms with Gasteiger partial charge >= 0.3 is 0 Å². The Morgan fingerprint density at radius 1 is 0.971 bits per heavy atom. The molecule has 0 spiro atoms. The van der Waals surface area contributed by atoms with Crippen LogP contribution in [0.15, 0.2) is 83.1 Å². The smallest absolute Gasteiger partial charge is 0.257 e. The third-order valence-electron chi connectivity index (χ3n) is 5.10. The highest BCUT2D eigenvalue weighted by Crippen LogP contribution is 2.32. The largest absolute Gasteiger partial charge is 0.454 e. The molecule has 0 fully saturated rings. The summed E-state index contributed by atoms with van der Waals surface area (Å²) < 4.78 is 38.8. The second kappa shape index (κ2) is 9.26. The summed E-state index contributed by atoms with van der Waals surface area (Å²) in [5.41, 5.74) is 2.63. The molecular formula is C24H19N3O5S2. The Morgan fingerprint density at radius 2 is 1.79 bits per heavy atom. The molecule has 0 unspecified atom stereocenters. The van der Waals surface area contributed by atoms with Crippen LogP contribution in [0.1, 0.15) is 15.9 Å². The van der Waals surface area contributed by atoms with Crippen molar-refractivity contribution in [2.45, 2.75) is 11.4 Å². The molecule has 0 saturated heterocycles. The lowest BCUT2D eigenvalue weighted by Gasteiger charge is -2.09. The Morgan fingerprint density at radius 3 is 2.65 bits per heavy atom. The van der Waals surface area contributed by atoms with Crippen LogP contribution in [0.4, 0.5) is 5.13 Å². The maximum absolute atomic E-state index is 12.8. The van der Waals surface area contributed by atoms with E-state index < -0.39 is 15.9 Å². The van der Waals surface area contributed by atoms with E-state index in [0.29, 0.717) is 16.6 Å². The summed E-state index contributed by atoms with van der Waals surface area (Å²) in [6.45, 7) is 0.213. The maximum Gasteiger partial charge on any atom is 0.257 e. The number of thiazole rings is 1. The van der Waals surface area contributed by atoms with Gasteiger partial charge in [-0.2, -0.15) is 0 Å². The highest BCUT2D eigenvalue weighted by molar-refractivity contribution is 7.89. The Bertz CT molecular complexity index is 1450. The molecule has 10 heteroatoms. The molecule has 172 valence electrons. The molecule has 0 saturated carbocycles. The Balaban J connectivity index is 1.27. The van der Waals surface area contributed by atoms with Crippen LogP contribution >= 0.6 is 11.3 Å². The Kier molecular flexibility index (Phi) is 6.01. The summed E-state index contributed by atoms with van der Waals surface area (Å²) in [4.78, 5) is 17.2. The molecule has 1 amide bonds. The first-order valence-corrected chi connectivity index (χ1v) is 12.6. The second-order valence-electron chi connectivity index (χ2n) is 7.40. The number of nitrogens with zero attached hydrogens (tertiary/aromatic N) is 1. The molecule has 1 aliphatic heterocycles. The first-order valence-electron chi connectivity index (χ1n) is 10.3. The molecule has 1 aromatic heterocycles. The van der Waals surface area contributed by atoms with Gasteiger partial charge in [-0.1, -0.05) is 42.5 Å². The topological polar surface area (TPSA) is 107 Å². The zero-order valence-electron chi connectivity index (χ0n) is 17.7. The number of carbonyl (C=O) groups is 1. The number of hydrogen-bond donors (Lipinski definition) is 2. The van der Waals surface area contributed by atoms with Crippen LogP contribution in [-0.4, -0.2) is 26.1 Å². The summed E-state index contributed by atoms with van der Waals surface area (Å²) in [5.74, 6) is 0.760. The molecule has 34 heavy (non-hydrogen) atoms.